The number of allylic oxidation sites excluding steroid dienone is 1. The van der Waals surface area contributed by atoms with Gasteiger partial charge in [-0.1, -0.05) is 12.2 Å². The Morgan fingerprint density at radius 2 is 2.29 bits per heavy atom. The summed E-state index contributed by atoms with van der Waals surface area (Å²) in [6.45, 7) is 0.737. The summed E-state index contributed by atoms with van der Waals surface area (Å²) in [5.74, 6) is -4.10. The van der Waals surface area contributed by atoms with E-state index in [1.165, 1.54) is 6.08 Å². The SMILES string of the molecule is C/C=C/c1cn(C2OC(CO)C(F)C2(F)F)c(=O)nc1N. The smallest absolute Gasteiger partial charge is 0.351 e. The van der Waals surface area contributed by atoms with Crippen molar-refractivity contribution >= 4 is 11.9 Å². The molecule has 1 aliphatic rings. The van der Waals surface area contributed by atoms with Gasteiger partial charge in [0.15, 0.2) is 6.17 Å². The number of aromatic nitrogens is 2. The van der Waals surface area contributed by atoms with Gasteiger partial charge in [-0.15, -0.1) is 0 Å². The first kappa shape index (κ1) is 15.5. The molecule has 3 atom stereocenters. The summed E-state index contributed by atoms with van der Waals surface area (Å²) in [6, 6.07) is 0. The van der Waals surface area contributed by atoms with E-state index in [1.54, 1.807) is 13.0 Å². The van der Waals surface area contributed by atoms with Crippen LogP contribution in [0.15, 0.2) is 17.1 Å². The number of aliphatic hydroxyl groups excluding tert-OH is 1. The van der Waals surface area contributed by atoms with Crippen molar-refractivity contribution in [3.63, 3.8) is 0 Å². The van der Waals surface area contributed by atoms with Gasteiger partial charge in [0.2, 0.25) is 6.23 Å². The number of rotatable bonds is 3. The van der Waals surface area contributed by atoms with Gasteiger partial charge in [-0.25, -0.2) is 9.18 Å². The first-order valence-corrected chi connectivity index (χ1v) is 6.12. The van der Waals surface area contributed by atoms with Gasteiger partial charge in [-0.05, 0) is 6.92 Å². The van der Waals surface area contributed by atoms with Crippen LogP contribution in [0.25, 0.3) is 6.08 Å². The Balaban J connectivity index is 2.51. The van der Waals surface area contributed by atoms with Crippen molar-refractivity contribution in [1.82, 2.24) is 9.55 Å². The summed E-state index contributed by atoms with van der Waals surface area (Å²) >= 11 is 0. The van der Waals surface area contributed by atoms with Crippen LogP contribution in [0.4, 0.5) is 19.0 Å². The first-order valence-electron chi connectivity index (χ1n) is 6.12. The van der Waals surface area contributed by atoms with Gasteiger partial charge in [0.05, 0.1) is 6.61 Å². The van der Waals surface area contributed by atoms with Gasteiger partial charge >= 0.3 is 11.6 Å². The zero-order valence-corrected chi connectivity index (χ0v) is 11.0. The maximum absolute atomic E-state index is 13.9. The number of nitrogen functional groups attached to an aromatic ring is 1. The number of nitrogens with two attached hydrogens (primary N) is 1. The van der Waals surface area contributed by atoms with Crippen LogP contribution in [-0.4, -0.2) is 39.5 Å². The predicted molar refractivity (Wildman–Crippen MR) is 68.5 cm³/mol. The molecule has 1 fully saturated rings. The molecule has 3 N–H and O–H groups in total. The van der Waals surface area contributed by atoms with Gasteiger partial charge in [-0.3, -0.25) is 4.57 Å². The summed E-state index contributed by atoms with van der Waals surface area (Å²) < 4.78 is 46.5. The summed E-state index contributed by atoms with van der Waals surface area (Å²) in [6.07, 6.45) is -2.56. The standard InChI is InChI=1S/C12H14F3N3O3/c1-2-3-6-4-18(11(20)17-9(6)16)10-12(14,15)8(13)7(5-19)21-10/h2-4,7-8,10,19H,5H2,1H3,(H2,16,17,20)/b3-2+. The molecule has 3 unspecified atom stereocenters. The van der Waals surface area contributed by atoms with E-state index in [2.05, 4.69) is 4.98 Å². The van der Waals surface area contributed by atoms with Crippen LogP contribution < -0.4 is 11.4 Å². The second-order valence-corrected chi connectivity index (χ2v) is 4.56. The Kier molecular flexibility index (Phi) is 4.06. The van der Waals surface area contributed by atoms with E-state index in [1.807, 2.05) is 0 Å². The number of halogens is 3. The maximum Gasteiger partial charge on any atom is 0.351 e. The zero-order chi connectivity index (χ0) is 15.8. The van der Waals surface area contributed by atoms with Gasteiger partial charge in [0, 0.05) is 11.8 Å². The Hall–Kier alpha value is -1.87. The number of hydrogen-bond acceptors (Lipinski definition) is 5. The Morgan fingerprint density at radius 1 is 1.62 bits per heavy atom. The van der Waals surface area contributed by atoms with Crippen LogP contribution in [0.2, 0.25) is 0 Å². The zero-order valence-electron chi connectivity index (χ0n) is 11.0. The number of nitrogens with zero attached hydrogens (tertiary/aromatic N) is 2. The van der Waals surface area contributed by atoms with E-state index >= 15 is 0 Å². The number of aliphatic hydroxyl groups is 1. The fourth-order valence-electron chi connectivity index (χ4n) is 2.07. The molecular formula is C12H14F3N3O3. The summed E-state index contributed by atoms with van der Waals surface area (Å²) in [5, 5.41) is 8.85. The topological polar surface area (TPSA) is 90.4 Å². The van der Waals surface area contributed by atoms with Gasteiger partial charge < -0.3 is 15.6 Å². The largest absolute Gasteiger partial charge is 0.394 e. The average molecular weight is 305 g/mol. The van der Waals surface area contributed by atoms with Crippen molar-refractivity contribution in [3.8, 4) is 0 Å². The highest BCUT2D eigenvalue weighted by molar-refractivity contribution is 5.59. The third kappa shape index (κ3) is 2.54. The summed E-state index contributed by atoms with van der Waals surface area (Å²) in [5.41, 5.74) is 4.64. The van der Waals surface area contributed by atoms with Crippen molar-refractivity contribution in [1.29, 1.82) is 0 Å². The van der Waals surface area contributed by atoms with Crippen LogP contribution >= 0.6 is 0 Å². The van der Waals surface area contributed by atoms with Crippen LogP contribution in [0.1, 0.15) is 18.7 Å². The Morgan fingerprint density at radius 3 is 2.81 bits per heavy atom. The molecule has 0 amide bonds. The molecule has 0 aliphatic carbocycles. The van der Waals surface area contributed by atoms with Crippen LogP contribution in [0, 0.1) is 0 Å². The molecule has 2 rings (SSSR count). The number of hydrogen-bond donors (Lipinski definition) is 2. The number of anilines is 1. The fraction of sp³-hybridized carbons (Fsp3) is 0.500. The van der Waals surface area contributed by atoms with E-state index in [0.717, 1.165) is 6.20 Å². The molecule has 116 valence electrons. The third-order valence-electron chi connectivity index (χ3n) is 3.12. The molecule has 0 radical (unpaired) electrons. The van der Waals surface area contributed by atoms with E-state index in [9.17, 15) is 18.0 Å². The van der Waals surface area contributed by atoms with Gasteiger partial charge in [0.25, 0.3) is 0 Å². The molecule has 0 spiro atoms. The van der Waals surface area contributed by atoms with Crippen LogP contribution in [0.3, 0.4) is 0 Å². The van der Waals surface area contributed by atoms with E-state index in [0.29, 0.717) is 4.57 Å². The molecule has 1 saturated heterocycles. The van der Waals surface area contributed by atoms with Crippen LogP contribution in [-0.2, 0) is 4.74 Å². The highest BCUT2D eigenvalue weighted by atomic mass is 19.3. The van der Waals surface area contributed by atoms with Crippen molar-refractivity contribution in [2.75, 3.05) is 12.3 Å². The molecule has 1 aliphatic heterocycles. The molecule has 6 nitrogen and oxygen atoms in total. The molecule has 2 heterocycles. The molecule has 21 heavy (non-hydrogen) atoms. The summed E-state index contributed by atoms with van der Waals surface area (Å²) in [7, 11) is 0. The van der Waals surface area contributed by atoms with E-state index < -0.39 is 36.7 Å². The predicted octanol–water partition coefficient (Wildman–Crippen LogP) is 0.722. The molecule has 0 bridgehead atoms. The lowest BCUT2D eigenvalue weighted by Gasteiger charge is -2.20. The lowest BCUT2D eigenvalue weighted by molar-refractivity contribution is -0.130. The normalized spacial score (nSPS) is 28.3. The Bertz CT molecular complexity index is 618. The molecule has 1 aromatic rings. The number of ether oxygens (including phenoxy) is 1. The van der Waals surface area contributed by atoms with Crippen molar-refractivity contribution < 1.29 is 23.0 Å². The van der Waals surface area contributed by atoms with Crippen LogP contribution in [0.5, 0.6) is 0 Å². The van der Waals surface area contributed by atoms with E-state index in [4.69, 9.17) is 15.6 Å². The number of alkyl halides is 3. The molecule has 1 aromatic heterocycles. The first-order chi connectivity index (χ1) is 9.82. The maximum atomic E-state index is 13.9. The van der Waals surface area contributed by atoms with Crippen molar-refractivity contribution in [2.45, 2.75) is 31.3 Å². The lowest BCUT2D eigenvalue weighted by Crippen LogP contribution is -2.40. The average Bonchev–Trinajstić information content (AvgIpc) is 2.65. The second kappa shape index (κ2) is 5.49. The minimum absolute atomic E-state index is 0.133. The lowest BCUT2D eigenvalue weighted by atomic mass is 10.1. The van der Waals surface area contributed by atoms with Crippen molar-refractivity contribution in [2.24, 2.45) is 0 Å². The highest BCUT2D eigenvalue weighted by Gasteiger charge is 2.60. The highest BCUT2D eigenvalue weighted by Crippen LogP contribution is 2.43. The quantitative estimate of drug-likeness (QED) is 0.859. The molecule has 9 heteroatoms. The minimum Gasteiger partial charge on any atom is -0.394 e. The summed E-state index contributed by atoms with van der Waals surface area (Å²) in [4.78, 5) is 15.1. The van der Waals surface area contributed by atoms with Gasteiger partial charge in [0.1, 0.15) is 11.9 Å². The van der Waals surface area contributed by atoms with Crippen molar-refractivity contribution in [3.05, 3.63) is 28.3 Å². The fourth-order valence-corrected chi connectivity index (χ4v) is 2.07. The molecule has 0 saturated carbocycles. The monoisotopic (exact) mass is 305 g/mol. The third-order valence-corrected chi connectivity index (χ3v) is 3.12. The second-order valence-electron chi connectivity index (χ2n) is 4.56. The minimum atomic E-state index is -3.97. The Labute approximate surface area is 117 Å². The van der Waals surface area contributed by atoms with E-state index in [-0.39, 0.29) is 11.4 Å². The molecule has 0 aromatic carbocycles. The van der Waals surface area contributed by atoms with Gasteiger partial charge in [-0.2, -0.15) is 13.8 Å². The molecular weight excluding hydrogens is 291 g/mol.